The van der Waals surface area contributed by atoms with Crippen LogP contribution in [0.15, 0.2) is 0 Å². The minimum absolute atomic E-state index is 0.788. The van der Waals surface area contributed by atoms with Crippen molar-refractivity contribution in [2.75, 3.05) is 6.54 Å². The normalized spacial score (nSPS) is 8.24. The van der Waals surface area contributed by atoms with Crippen LogP contribution in [-0.2, 0) is 9.59 Å². The Morgan fingerprint density at radius 3 is 1.41 bits per heavy atom. The molecule has 0 fully saturated rings. The first-order valence-electron chi connectivity index (χ1n) is 4.43. The van der Waals surface area contributed by atoms with Gasteiger partial charge in [-0.3, -0.25) is 11.7 Å². The maximum Gasteiger partial charge on any atom is 0.414 e. The molecule has 17 heavy (non-hydrogen) atoms. The maximum absolute atomic E-state index is 9.10. The van der Waals surface area contributed by atoms with E-state index < -0.39 is 18.0 Å². The second kappa shape index (κ2) is 14.1. The molecular formula is C7H19N5O5. The lowest BCUT2D eigenvalue weighted by Crippen LogP contribution is -2.38. The van der Waals surface area contributed by atoms with Crippen LogP contribution in [0.5, 0.6) is 0 Å². The summed E-state index contributed by atoms with van der Waals surface area (Å²) < 4.78 is 0. The molecule has 0 saturated carbocycles. The number of rotatable bonds is 3. The van der Waals surface area contributed by atoms with E-state index in [1.807, 2.05) is 0 Å². The minimum Gasteiger partial charge on any atom is -0.473 e. The number of hydrazine groups is 2. The fourth-order valence-electron chi connectivity index (χ4n) is 0.341. The molecule has 0 aromatic carbocycles. The van der Waals surface area contributed by atoms with E-state index in [1.165, 1.54) is 5.12 Å². The molecule has 0 rings (SSSR count). The standard InChI is InChI=1S/C4H13N3.C2H2O4.CH4N2O/c1-2-3-4-7(5)6;3-1(4)2(5)6;2-1(3)4/h2-6H2,1H3;(H,3,4)(H,5,6);(H4,2,3,4). The average molecular weight is 253 g/mol. The van der Waals surface area contributed by atoms with Gasteiger partial charge < -0.3 is 21.7 Å². The van der Waals surface area contributed by atoms with Crippen molar-refractivity contribution in [2.24, 2.45) is 23.2 Å². The Hall–Kier alpha value is -1.91. The second-order valence-corrected chi connectivity index (χ2v) is 2.60. The molecule has 10 heteroatoms. The van der Waals surface area contributed by atoms with Crippen LogP contribution in [0.25, 0.3) is 0 Å². The highest BCUT2D eigenvalue weighted by Gasteiger charge is 2.04. The Morgan fingerprint density at radius 2 is 1.35 bits per heavy atom. The molecule has 0 aliphatic heterocycles. The van der Waals surface area contributed by atoms with E-state index in [0.29, 0.717) is 0 Å². The van der Waals surface area contributed by atoms with E-state index in [0.717, 1.165) is 19.4 Å². The molecule has 0 aromatic rings. The lowest BCUT2D eigenvalue weighted by atomic mass is 10.3. The van der Waals surface area contributed by atoms with Crippen molar-refractivity contribution in [3.63, 3.8) is 0 Å². The average Bonchev–Trinajstić information content (AvgIpc) is 2.14. The molecule has 10 N–H and O–H groups in total. The molecule has 0 radical (unpaired) electrons. The zero-order chi connectivity index (χ0) is 14.4. The van der Waals surface area contributed by atoms with Gasteiger partial charge in [-0.1, -0.05) is 13.3 Å². The Bertz CT molecular complexity index is 217. The molecule has 2 amide bonds. The van der Waals surface area contributed by atoms with Crippen LogP contribution in [0.1, 0.15) is 19.8 Å². The van der Waals surface area contributed by atoms with Crippen molar-refractivity contribution >= 4 is 18.0 Å². The number of urea groups is 1. The van der Waals surface area contributed by atoms with Gasteiger partial charge in [0.2, 0.25) is 0 Å². The summed E-state index contributed by atoms with van der Waals surface area (Å²) in [4.78, 5) is 27.2. The Morgan fingerprint density at radius 1 is 1.06 bits per heavy atom. The fourth-order valence-corrected chi connectivity index (χ4v) is 0.341. The van der Waals surface area contributed by atoms with Crippen LogP contribution in [-0.4, -0.2) is 39.8 Å². The summed E-state index contributed by atoms with van der Waals surface area (Å²) in [5, 5.41) is 16.0. The number of carboxylic acid groups (broad SMARTS) is 2. The number of carboxylic acids is 2. The topological polar surface area (TPSA) is 199 Å². The largest absolute Gasteiger partial charge is 0.473 e. The molecule has 10 nitrogen and oxygen atoms in total. The Labute approximate surface area is 98.1 Å². The van der Waals surface area contributed by atoms with Gasteiger partial charge in [-0.05, 0) is 6.42 Å². The van der Waals surface area contributed by atoms with Crippen molar-refractivity contribution in [2.45, 2.75) is 19.8 Å². The van der Waals surface area contributed by atoms with Crippen molar-refractivity contribution in [1.82, 2.24) is 5.12 Å². The number of hydrogen-bond acceptors (Lipinski definition) is 6. The summed E-state index contributed by atoms with van der Waals surface area (Å²) in [6.45, 7) is 2.89. The van der Waals surface area contributed by atoms with E-state index in [4.69, 9.17) is 36.3 Å². The summed E-state index contributed by atoms with van der Waals surface area (Å²) >= 11 is 0. The Kier molecular flexibility index (Phi) is 17.0. The van der Waals surface area contributed by atoms with Gasteiger partial charge >= 0.3 is 18.0 Å². The van der Waals surface area contributed by atoms with Crippen LogP contribution < -0.4 is 23.2 Å². The first-order valence-corrected chi connectivity index (χ1v) is 4.43. The van der Waals surface area contributed by atoms with Gasteiger partial charge in [0.25, 0.3) is 0 Å². The van der Waals surface area contributed by atoms with E-state index in [2.05, 4.69) is 18.4 Å². The molecule has 0 saturated heterocycles. The third-order valence-electron chi connectivity index (χ3n) is 0.953. The number of aliphatic carboxylic acids is 2. The monoisotopic (exact) mass is 253 g/mol. The SMILES string of the molecule is CCCCN(N)N.NC(N)=O.O=C(O)C(=O)O. The summed E-state index contributed by atoms with van der Waals surface area (Å²) in [6.07, 6.45) is 2.22. The molecule has 0 atom stereocenters. The molecule has 0 spiro atoms. The van der Waals surface area contributed by atoms with Gasteiger partial charge in [0.15, 0.2) is 0 Å². The van der Waals surface area contributed by atoms with Gasteiger partial charge in [-0.25, -0.2) is 14.4 Å². The van der Waals surface area contributed by atoms with Crippen LogP contribution in [0, 0.1) is 0 Å². The van der Waals surface area contributed by atoms with Gasteiger partial charge in [-0.15, -0.1) is 0 Å². The van der Waals surface area contributed by atoms with Gasteiger partial charge in [0.05, 0.1) is 0 Å². The molecule has 0 unspecified atom stereocenters. The quantitative estimate of drug-likeness (QED) is 0.188. The summed E-state index contributed by atoms with van der Waals surface area (Å²) in [7, 11) is 0. The first-order chi connectivity index (χ1) is 7.64. The number of nitrogens with two attached hydrogens (primary N) is 4. The smallest absolute Gasteiger partial charge is 0.414 e. The molecule has 102 valence electrons. The van der Waals surface area contributed by atoms with Gasteiger partial charge in [-0.2, -0.15) is 5.12 Å². The van der Waals surface area contributed by atoms with E-state index in [9.17, 15) is 0 Å². The number of carbonyl (C=O) groups is 3. The van der Waals surface area contributed by atoms with Crippen molar-refractivity contribution in [3.8, 4) is 0 Å². The second-order valence-electron chi connectivity index (χ2n) is 2.60. The highest BCUT2D eigenvalue weighted by molar-refractivity contribution is 6.27. The number of hydrogen-bond donors (Lipinski definition) is 6. The maximum atomic E-state index is 9.10. The molecule has 0 aliphatic carbocycles. The Balaban J connectivity index is -0.000000180. The van der Waals surface area contributed by atoms with Crippen LogP contribution >= 0.6 is 0 Å². The summed E-state index contributed by atoms with van der Waals surface area (Å²) in [6, 6.07) is -0.833. The molecule has 0 aliphatic rings. The van der Waals surface area contributed by atoms with E-state index >= 15 is 0 Å². The highest BCUT2D eigenvalue weighted by Crippen LogP contribution is 1.82. The summed E-state index contributed by atoms with van der Waals surface area (Å²) in [5.74, 6) is 6.53. The number of unbranched alkanes of at least 4 members (excludes halogenated alkanes) is 1. The number of carbonyl (C=O) groups excluding carboxylic acids is 1. The number of amides is 2. The third-order valence-corrected chi connectivity index (χ3v) is 0.953. The van der Waals surface area contributed by atoms with Crippen molar-refractivity contribution in [1.29, 1.82) is 0 Å². The molecule has 0 aromatic heterocycles. The fraction of sp³-hybridized carbons (Fsp3) is 0.571. The number of primary amides is 2. The molecular weight excluding hydrogens is 234 g/mol. The zero-order valence-electron chi connectivity index (χ0n) is 9.50. The highest BCUT2D eigenvalue weighted by atomic mass is 16.4. The van der Waals surface area contributed by atoms with Crippen LogP contribution in [0.4, 0.5) is 4.79 Å². The van der Waals surface area contributed by atoms with Gasteiger partial charge in [0, 0.05) is 6.54 Å². The zero-order valence-corrected chi connectivity index (χ0v) is 9.50. The van der Waals surface area contributed by atoms with Crippen LogP contribution in [0.2, 0.25) is 0 Å². The number of nitrogens with zero attached hydrogens (tertiary/aromatic N) is 1. The predicted octanol–water partition coefficient (Wildman–Crippen LogP) is -1.98. The summed E-state index contributed by atoms with van der Waals surface area (Å²) in [5.41, 5.74) is 8.50. The minimum atomic E-state index is -1.82. The van der Waals surface area contributed by atoms with Crippen molar-refractivity contribution in [3.05, 3.63) is 0 Å². The van der Waals surface area contributed by atoms with Crippen LogP contribution in [0.3, 0.4) is 0 Å². The third kappa shape index (κ3) is 55.5. The first kappa shape index (κ1) is 20.5. The molecule has 0 heterocycles. The molecule has 0 bridgehead atoms. The van der Waals surface area contributed by atoms with Crippen molar-refractivity contribution < 1.29 is 24.6 Å². The predicted molar refractivity (Wildman–Crippen MR) is 59.0 cm³/mol. The van der Waals surface area contributed by atoms with Gasteiger partial charge in [0.1, 0.15) is 0 Å². The van der Waals surface area contributed by atoms with E-state index in [-0.39, 0.29) is 0 Å². The lowest BCUT2D eigenvalue weighted by molar-refractivity contribution is -0.159. The van der Waals surface area contributed by atoms with E-state index in [1.54, 1.807) is 0 Å². The lowest BCUT2D eigenvalue weighted by Gasteiger charge is -2.05.